The van der Waals surface area contributed by atoms with Gasteiger partial charge in [0.1, 0.15) is 0 Å². The van der Waals surface area contributed by atoms with Crippen LogP contribution in [0, 0.1) is 6.92 Å². The Bertz CT molecular complexity index is 815. The molecule has 0 fully saturated rings. The summed E-state index contributed by atoms with van der Waals surface area (Å²) in [6.45, 7) is 6.37. The highest BCUT2D eigenvalue weighted by Crippen LogP contribution is 2.30. The first-order chi connectivity index (χ1) is 11.3. The van der Waals surface area contributed by atoms with E-state index in [9.17, 15) is 8.42 Å². The van der Waals surface area contributed by atoms with Gasteiger partial charge >= 0.3 is 0 Å². The number of aryl methyl sites for hydroxylation is 2. The van der Waals surface area contributed by atoms with Crippen LogP contribution in [-0.4, -0.2) is 32.4 Å². The summed E-state index contributed by atoms with van der Waals surface area (Å²) in [5.74, 6) is 0.840. The van der Waals surface area contributed by atoms with Crippen molar-refractivity contribution in [2.24, 2.45) is 0 Å². The summed E-state index contributed by atoms with van der Waals surface area (Å²) in [5, 5.41) is 4.35. The molecule has 0 aliphatic heterocycles. The van der Waals surface area contributed by atoms with Crippen molar-refractivity contribution in [1.29, 1.82) is 0 Å². The lowest BCUT2D eigenvalue weighted by Crippen LogP contribution is -2.27. The third-order valence-corrected chi connectivity index (χ3v) is 5.31. The molecule has 0 spiro atoms. The van der Waals surface area contributed by atoms with E-state index in [1.165, 1.54) is 26.4 Å². The molecule has 0 bridgehead atoms. The third-order valence-electron chi connectivity index (χ3n) is 3.77. The smallest absolute Gasteiger partial charge is 0.241 e. The molecule has 2 rings (SSSR count). The van der Waals surface area contributed by atoms with Crippen LogP contribution in [0.25, 0.3) is 0 Å². The second-order valence-electron chi connectivity index (χ2n) is 5.39. The molecule has 8 heteroatoms. The summed E-state index contributed by atoms with van der Waals surface area (Å²) in [6, 6.07) is 4.09. The summed E-state index contributed by atoms with van der Waals surface area (Å²) in [7, 11) is -0.736. The van der Waals surface area contributed by atoms with Crippen LogP contribution in [0.5, 0.6) is 11.5 Å². The average Bonchev–Trinajstić information content (AvgIpc) is 2.94. The highest BCUT2D eigenvalue weighted by atomic mass is 32.2. The molecule has 7 nitrogen and oxygen atoms in total. The zero-order valence-corrected chi connectivity index (χ0v) is 15.3. The van der Waals surface area contributed by atoms with Gasteiger partial charge in [-0.05, 0) is 32.9 Å². The summed E-state index contributed by atoms with van der Waals surface area (Å²) in [6.07, 6.45) is 1.86. The van der Waals surface area contributed by atoms with Gasteiger partial charge in [0.2, 0.25) is 10.0 Å². The minimum atomic E-state index is -3.70. The number of hydrogen-bond donors (Lipinski definition) is 1. The minimum absolute atomic E-state index is 0.118. The Labute approximate surface area is 142 Å². The van der Waals surface area contributed by atoms with E-state index in [1.54, 1.807) is 17.7 Å². The molecule has 1 N–H and O–H groups in total. The van der Waals surface area contributed by atoms with Crippen molar-refractivity contribution in [2.45, 2.75) is 38.3 Å². The molecule has 1 aromatic carbocycles. The van der Waals surface area contributed by atoms with Crippen LogP contribution in [-0.2, 0) is 16.6 Å². The molecule has 0 saturated heterocycles. The van der Waals surface area contributed by atoms with E-state index in [-0.39, 0.29) is 4.90 Å². The maximum absolute atomic E-state index is 12.6. The fraction of sp³-hybridized carbons (Fsp3) is 0.438. The maximum atomic E-state index is 12.6. The largest absolute Gasteiger partial charge is 0.493 e. The van der Waals surface area contributed by atoms with E-state index in [2.05, 4.69) is 9.82 Å². The normalized spacial score (nSPS) is 12.9. The van der Waals surface area contributed by atoms with Crippen LogP contribution < -0.4 is 14.2 Å². The van der Waals surface area contributed by atoms with Gasteiger partial charge in [-0.1, -0.05) is 0 Å². The van der Waals surface area contributed by atoms with Gasteiger partial charge in [-0.15, -0.1) is 0 Å². The molecule has 24 heavy (non-hydrogen) atoms. The number of benzene rings is 1. The number of nitrogens with zero attached hydrogens (tertiary/aromatic N) is 2. The van der Waals surface area contributed by atoms with Gasteiger partial charge in [-0.3, -0.25) is 4.68 Å². The molecular formula is C16H23N3O4S. The van der Waals surface area contributed by atoms with E-state index in [0.717, 1.165) is 17.8 Å². The first-order valence-corrected chi connectivity index (χ1v) is 9.09. The number of hydrogen-bond acceptors (Lipinski definition) is 5. The van der Waals surface area contributed by atoms with Crippen LogP contribution in [0.4, 0.5) is 0 Å². The van der Waals surface area contributed by atoms with Crippen LogP contribution in [0.3, 0.4) is 0 Å². The first kappa shape index (κ1) is 18.3. The lowest BCUT2D eigenvalue weighted by atomic mass is 10.1. The lowest BCUT2D eigenvalue weighted by molar-refractivity contribution is 0.354. The highest BCUT2D eigenvalue weighted by molar-refractivity contribution is 7.89. The number of ether oxygens (including phenoxy) is 2. The number of nitrogens with one attached hydrogen (secondary N) is 1. The van der Waals surface area contributed by atoms with E-state index in [0.29, 0.717) is 11.5 Å². The first-order valence-electron chi connectivity index (χ1n) is 7.60. The van der Waals surface area contributed by atoms with E-state index >= 15 is 0 Å². The molecule has 0 aliphatic carbocycles. The van der Waals surface area contributed by atoms with Crippen LogP contribution in [0.2, 0.25) is 0 Å². The van der Waals surface area contributed by atoms with Crippen molar-refractivity contribution in [2.75, 3.05) is 14.2 Å². The maximum Gasteiger partial charge on any atom is 0.241 e. The van der Waals surface area contributed by atoms with Gasteiger partial charge in [0.05, 0.1) is 24.8 Å². The molecule has 1 unspecified atom stereocenters. The Morgan fingerprint density at radius 2 is 1.92 bits per heavy atom. The standard InChI is InChI=1S/C16H23N3O4S/c1-6-19-10-14(11(2)17-19)12(3)18-24(20,21)13-7-8-15(22-4)16(9-13)23-5/h7-10,12,18H,6H2,1-5H3. The van der Waals surface area contributed by atoms with E-state index in [4.69, 9.17) is 9.47 Å². The van der Waals surface area contributed by atoms with Crippen molar-refractivity contribution < 1.29 is 17.9 Å². The number of aromatic nitrogens is 2. The fourth-order valence-electron chi connectivity index (χ4n) is 2.47. The fourth-order valence-corrected chi connectivity index (χ4v) is 3.71. The molecule has 1 heterocycles. The Balaban J connectivity index is 2.28. The topological polar surface area (TPSA) is 82.5 Å². The third kappa shape index (κ3) is 3.70. The number of rotatable bonds is 7. The van der Waals surface area contributed by atoms with Gasteiger partial charge in [0.15, 0.2) is 11.5 Å². The Morgan fingerprint density at radius 3 is 2.46 bits per heavy atom. The monoisotopic (exact) mass is 353 g/mol. The predicted octanol–water partition coefficient (Wildman–Crippen LogP) is 2.27. The molecule has 0 radical (unpaired) electrons. The van der Waals surface area contributed by atoms with Crippen molar-refractivity contribution >= 4 is 10.0 Å². The average molecular weight is 353 g/mol. The van der Waals surface area contributed by atoms with Gasteiger partial charge in [0.25, 0.3) is 0 Å². The zero-order valence-electron chi connectivity index (χ0n) is 14.5. The van der Waals surface area contributed by atoms with E-state index < -0.39 is 16.1 Å². The number of sulfonamides is 1. The zero-order chi connectivity index (χ0) is 17.9. The quantitative estimate of drug-likeness (QED) is 0.826. The Hall–Kier alpha value is -2.06. The molecule has 132 valence electrons. The Morgan fingerprint density at radius 1 is 1.25 bits per heavy atom. The summed E-state index contributed by atoms with van der Waals surface area (Å²) < 4.78 is 40.0. The van der Waals surface area contributed by atoms with Gasteiger partial charge in [-0.25, -0.2) is 13.1 Å². The summed E-state index contributed by atoms with van der Waals surface area (Å²) in [5.41, 5.74) is 1.65. The molecule has 0 saturated carbocycles. The molecule has 0 amide bonds. The Kier molecular flexibility index (Phi) is 5.51. The lowest BCUT2D eigenvalue weighted by Gasteiger charge is -2.15. The molecule has 1 atom stereocenters. The molecular weight excluding hydrogens is 330 g/mol. The highest BCUT2D eigenvalue weighted by Gasteiger charge is 2.22. The SMILES string of the molecule is CCn1cc(C(C)NS(=O)(=O)c2ccc(OC)c(OC)c2)c(C)n1. The summed E-state index contributed by atoms with van der Waals surface area (Å²) >= 11 is 0. The molecule has 0 aliphatic rings. The summed E-state index contributed by atoms with van der Waals surface area (Å²) in [4.78, 5) is 0.118. The number of methoxy groups -OCH3 is 2. The van der Waals surface area contributed by atoms with Crippen molar-refractivity contribution in [3.63, 3.8) is 0 Å². The van der Waals surface area contributed by atoms with Crippen molar-refractivity contribution in [3.8, 4) is 11.5 Å². The van der Waals surface area contributed by atoms with Gasteiger partial charge in [-0.2, -0.15) is 5.10 Å². The van der Waals surface area contributed by atoms with Crippen LogP contribution in [0.1, 0.15) is 31.1 Å². The second kappa shape index (κ2) is 7.23. The van der Waals surface area contributed by atoms with E-state index in [1.807, 2.05) is 20.0 Å². The minimum Gasteiger partial charge on any atom is -0.493 e. The molecule has 1 aromatic heterocycles. The van der Waals surface area contributed by atoms with Crippen LogP contribution in [0.15, 0.2) is 29.3 Å². The second-order valence-corrected chi connectivity index (χ2v) is 7.10. The van der Waals surface area contributed by atoms with Crippen LogP contribution >= 0.6 is 0 Å². The van der Waals surface area contributed by atoms with Crippen molar-refractivity contribution in [3.05, 3.63) is 35.7 Å². The van der Waals surface area contributed by atoms with Gasteiger partial charge < -0.3 is 9.47 Å². The van der Waals surface area contributed by atoms with Crippen molar-refractivity contribution in [1.82, 2.24) is 14.5 Å². The van der Waals surface area contributed by atoms with Gasteiger partial charge in [0, 0.05) is 30.4 Å². The molecule has 2 aromatic rings. The predicted molar refractivity (Wildman–Crippen MR) is 90.9 cm³/mol.